The van der Waals surface area contributed by atoms with E-state index in [4.69, 9.17) is 4.84 Å². The van der Waals surface area contributed by atoms with Crippen molar-refractivity contribution in [1.29, 1.82) is 0 Å². The van der Waals surface area contributed by atoms with E-state index in [-0.39, 0.29) is 0 Å². The highest BCUT2D eigenvalue weighted by molar-refractivity contribution is 5.80. The Hall–Kier alpha value is -0.870. The van der Waals surface area contributed by atoms with Crippen LogP contribution in [0.4, 0.5) is 0 Å². The van der Waals surface area contributed by atoms with Crippen molar-refractivity contribution in [3.8, 4) is 0 Å². The SMILES string of the molecule is C=CC(=O)ON(C)CCC[N+](C)(C)C. The Bertz CT molecular complexity index is 197. The Labute approximate surface area is 86.3 Å². The molecular formula is C10H21N2O2+. The summed E-state index contributed by atoms with van der Waals surface area (Å²) in [5, 5.41) is 1.54. The first kappa shape index (κ1) is 13.1. The normalized spacial score (nSPS) is 11.5. The molecule has 4 nitrogen and oxygen atoms in total. The zero-order chi connectivity index (χ0) is 11.2. The second-order valence-corrected chi connectivity index (χ2v) is 4.33. The van der Waals surface area contributed by atoms with Crippen LogP contribution in [0.15, 0.2) is 12.7 Å². The van der Waals surface area contributed by atoms with Crippen LogP contribution in [0.5, 0.6) is 0 Å². The Kier molecular flexibility index (Phi) is 5.42. The third-order valence-electron chi connectivity index (χ3n) is 1.71. The fourth-order valence-electron chi connectivity index (χ4n) is 1.00. The molecule has 0 unspecified atom stereocenters. The molecule has 0 rings (SSSR count). The molecule has 4 heteroatoms. The number of hydroxylamine groups is 2. The minimum absolute atomic E-state index is 0.405. The highest BCUT2D eigenvalue weighted by atomic mass is 16.7. The maximum atomic E-state index is 10.8. The quantitative estimate of drug-likeness (QED) is 0.359. The first-order valence-electron chi connectivity index (χ1n) is 4.71. The van der Waals surface area contributed by atoms with Gasteiger partial charge < -0.3 is 9.32 Å². The Morgan fingerprint density at radius 3 is 2.50 bits per heavy atom. The van der Waals surface area contributed by atoms with Crippen LogP contribution in [0.2, 0.25) is 0 Å². The van der Waals surface area contributed by atoms with Gasteiger partial charge in [-0.3, -0.25) is 0 Å². The van der Waals surface area contributed by atoms with E-state index in [9.17, 15) is 4.79 Å². The van der Waals surface area contributed by atoms with Crippen molar-refractivity contribution in [2.45, 2.75) is 6.42 Å². The first-order chi connectivity index (χ1) is 6.35. The lowest BCUT2D eigenvalue weighted by Gasteiger charge is -2.24. The molecule has 0 aliphatic rings. The summed E-state index contributed by atoms with van der Waals surface area (Å²) in [7, 11) is 8.15. The van der Waals surface area contributed by atoms with Gasteiger partial charge in [0, 0.05) is 26.1 Å². The van der Waals surface area contributed by atoms with E-state index in [2.05, 4.69) is 27.7 Å². The van der Waals surface area contributed by atoms with Gasteiger partial charge in [-0.05, 0) is 0 Å². The van der Waals surface area contributed by atoms with Gasteiger partial charge in [0.1, 0.15) is 0 Å². The molecular weight excluding hydrogens is 180 g/mol. The van der Waals surface area contributed by atoms with Gasteiger partial charge >= 0.3 is 5.97 Å². The van der Waals surface area contributed by atoms with Gasteiger partial charge in [0.25, 0.3) is 0 Å². The van der Waals surface area contributed by atoms with Crippen molar-refractivity contribution < 1.29 is 14.1 Å². The van der Waals surface area contributed by atoms with Crippen LogP contribution in [0.1, 0.15) is 6.42 Å². The Morgan fingerprint density at radius 2 is 2.07 bits per heavy atom. The summed E-state index contributed by atoms with van der Waals surface area (Å²) in [6, 6.07) is 0. The van der Waals surface area contributed by atoms with Crippen molar-refractivity contribution in [2.75, 3.05) is 41.3 Å². The zero-order valence-corrected chi connectivity index (χ0v) is 9.62. The zero-order valence-electron chi connectivity index (χ0n) is 9.62. The molecule has 14 heavy (non-hydrogen) atoms. The van der Waals surface area contributed by atoms with E-state index in [1.165, 1.54) is 0 Å². The van der Waals surface area contributed by atoms with Crippen LogP contribution >= 0.6 is 0 Å². The van der Waals surface area contributed by atoms with Crippen molar-refractivity contribution >= 4 is 5.97 Å². The lowest BCUT2D eigenvalue weighted by Crippen LogP contribution is -2.37. The predicted octanol–water partition coefficient (Wildman–Crippen LogP) is 0.659. The van der Waals surface area contributed by atoms with Gasteiger partial charge in [-0.2, -0.15) is 0 Å². The van der Waals surface area contributed by atoms with Gasteiger partial charge in [0.2, 0.25) is 0 Å². The first-order valence-corrected chi connectivity index (χ1v) is 4.71. The van der Waals surface area contributed by atoms with Crippen LogP contribution in [0.3, 0.4) is 0 Å². The number of hydrogen-bond acceptors (Lipinski definition) is 3. The molecule has 0 heterocycles. The molecule has 0 aromatic heterocycles. The highest BCUT2D eigenvalue weighted by Crippen LogP contribution is 1.96. The number of hydrogen-bond donors (Lipinski definition) is 0. The van der Waals surface area contributed by atoms with Crippen LogP contribution in [-0.2, 0) is 9.63 Å². The molecule has 0 atom stereocenters. The largest absolute Gasteiger partial charge is 0.365 e. The van der Waals surface area contributed by atoms with Gasteiger partial charge in [-0.15, -0.1) is 5.06 Å². The van der Waals surface area contributed by atoms with Crippen molar-refractivity contribution in [3.05, 3.63) is 12.7 Å². The molecule has 0 saturated carbocycles. The molecule has 0 bridgehead atoms. The van der Waals surface area contributed by atoms with Crippen LogP contribution in [0.25, 0.3) is 0 Å². The van der Waals surface area contributed by atoms with Gasteiger partial charge in [-0.1, -0.05) is 6.58 Å². The predicted molar refractivity (Wildman–Crippen MR) is 56.4 cm³/mol. The van der Waals surface area contributed by atoms with Crippen molar-refractivity contribution in [1.82, 2.24) is 5.06 Å². The summed E-state index contributed by atoms with van der Waals surface area (Å²) in [4.78, 5) is 15.7. The fourth-order valence-corrected chi connectivity index (χ4v) is 1.00. The summed E-state index contributed by atoms with van der Waals surface area (Å²) in [6.07, 6.45) is 2.15. The van der Waals surface area contributed by atoms with E-state index < -0.39 is 5.97 Å². The second kappa shape index (κ2) is 5.78. The maximum absolute atomic E-state index is 10.8. The number of carbonyl (C=O) groups is 1. The smallest absolute Gasteiger partial charge is 0.349 e. The van der Waals surface area contributed by atoms with E-state index in [0.29, 0.717) is 0 Å². The minimum Gasteiger partial charge on any atom is -0.365 e. The fraction of sp³-hybridized carbons (Fsp3) is 0.700. The van der Waals surface area contributed by atoms with E-state index in [1.807, 2.05) is 0 Å². The lowest BCUT2D eigenvalue weighted by molar-refractivity contribution is -0.870. The molecule has 0 aromatic rings. The molecule has 0 radical (unpaired) electrons. The molecule has 0 fully saturated rings. The topological polar surface area (TPSA) is 29.5 Å². The number of rotatable bonds is 6. The number of carbonyl (C=O) groups excluding carboxylic acids is 1. The summed E-state index contributed by atoms with van der Waals surface area (Å²) in [6.45, 7) is 5.13. The van der Waals surface area contributed by atoms with E-state index >= 15 is 0 Å². The molecule has 82 valence electrons. The van der Waals surface area contributed by atoms with Gasteiger partial charge in [0.05, 0.1) is 27.7 Å². The summed E-state index contributed by atoms with van der Waals surface area (Å²) >= 11 is 0. The van der Waals surface area contributed by atoms with Crippen molar-refractivity contribution in [3.63, 3.8) is 0 Å². The van der Waals surface area contributed by atoms with E-state index in [1.54, 1.807) is 12.1 Å². The molecule has 0 N–H and O–H groups in total. The average Bonchev–Trinajstić information content (AvgIpc) is 2.01. The van der Waals surface area contributed by atoms with E-state index in [0.717, 1.165) is 30.1 Å². The minimum atomic E-state index is -0.405. The van der Waals surface area contributed by atoms with Gasteiger partial charge in [-0.25, -0.2) is 4.79 Å². The monoisotopic (exact) mass is 201 g/mol. The molecule has 0 aliphatic heterocycles. The number of quaternary nitrogens is 1. The number of nitrogens with zero attached hydrogens (tertiary/aromatic N) is 2. The van der Waals surface area contributed by atoms with Crippen LogP contribution < -0.4 is 0 Å². The lowest BCUT2D eigenvalue weighted by atomic mass is 10.4. The molecule has 0 aromatic carbocycles. The standard InChI is InChI=1S/C10H21N2O2/c1-6-10(13)14-11(2)8-7-9-12(3,4)5/h6H,1,7-9H2,2-5H3/q+1. The molecule has 0 aliphatic carbocycles. The van der Waals surface area contributed by atoms with Crippen LogP contribution in [-0.4, -0.2) is 56.8 Å². The van der Waals surface area contributed by atoms with Crippen LogP contribution in [0, 0.1) is 0 Å². The molecule has 0 saturated heterocycles. The Morgan fingerprint density at radius 1 is 1.50 bits per heavy atom. The third kappa shape index (κ3) is 7.76. The second-order valence-electron chi connectivity index (χ2n) is 4.33. The summed E-state index contributed by atoms with van der Waals surface area (Å²) < 4.78 is 0.920. The average molecular weight is 201 g/mol. The molecule has 0 amide bonds. The third-order valence-corrected chi connectivity index (χ3v) is 1.71. The Balaban J connectivity index is 3.59. The maximum Gasteiger partial charge on any atom is 0.349 e. The van der Waals surface area contributed by atoms with Gasteiger partial charge in [0.15, 0.2) is 0 Å². The highest BCUT2D eigenvalue weighted by Gasteiger charge is 2.08. The molecule has 0 spiro atoms. The summed E-state index contributed by atoms with van der Waals surface area (Å²) in [5.74, 6) is -0.405. The summed E-state index contributed by atoms with van der Waals surface area (Å²) in [5.41, 5.74) is 0. The van der Waals surface area contributed by atoms with Crippen molar-refractivity contribution in [2.24, 2.45) is 0 Å².